The first-order valence-electron chi connectivity index (χ1n) is 12.9. The van der Waals surface area contributed by atoms with E-state index in [4.69, 9.17) is 4.74 Å². The molecule has 1 aliphatic heterocycles. The summed E-state index contributed by atoms with van der Waals surface area (Å²) in [6.07, 6.45) is 6.12. The van der Waals surface area contributed by atoms with Gasteiger partial charge in [0.25, 0.3) is 0 Å². The fraction of sp³-hybridized carbons (Fsp3) is 0.464. The third-order valence-electron chi connectivity index (χ3n) is 6.54. The maximum absolute atomic E-state index is 12.5. The van der Waals surface area contributed by atoms with Crippen molar-refractivity contribution in [1.29, 1.82) is 0 Å². The van der Waals surface area contributed by atoms with Gasteiger partial charge in [-0.1, -0.05) is 18.6 Å². The molecule has 1 atom stereocenters. The number of carboxylic acids is 1. The van der Waals surface area contributed by atoms with Gasteiger partial charge in [0.2, 0.25) is 5.91 Å². The first kappa shape index (κ1) is 27.2. The summed E-state index contributed by atoms with van der Waals surface area (Å²) in [5, 5.41) is 12.7. The van der Waals surface area contributed by atoms with E-state index in [0.717, 1.165) is 48.7 Å². The largest absolute Gasteiger partial charge is 0.478 e. The number of nitrogens with one attached hydrogen (secondary N) is 1. The summed E-state index contributed by atoms with van der Waals surface area (Å²) in [6, 6.07) is 11.2. The molecule has 37 heavy (non-hydrogen) atoms. The normalized spacial score (nSPS) is 15.2. The third kappa shape index (κ3) is 7.58. The van der Waals surface area contributed by atoms with Crippen molar-refractivity contribution in [1.82, 2.24) is 14.8 Å². The van der Waals surface area contributed by atoms with Crippen molar-refractivity contribution in [3.63, 3.8) is 0 Å². The number of nitrogens with zero attached hydrogens (tertiary/aromatic N) is 3. The van der Waals surface area contributed by atoms with Gasteiger partial charge in [-0.15, -0.1) is 11.3 Å². The molecule has 1 saturated heterocycles. The number of fused-ring (bicyclic) bond motifs is 1. The zero-order valence-electron chi connectivity index (χ0n) is 21.6. The lowest BCUT2D eigenvalue weighted by atomic mass is 10.1. The van der Waals surface area contributed by atoms with Crippen molar-refractivity contribution in [2.75, 3.05) is 52.2 Å². The van der Waals surface area contributed by atoms with Crippen LogP contribution >= 0.6 is 11.3 Å². The Morgan fingerprint density at radius 3 is 2.76 bits per heavy atom. The van der Waals surface area contributed by atoms with Gasteiger partial charge in [-0.25, -0.2) is 4.79 Å². The van der Waals surface area contributed by atoms with Gasteiger partial charge in [0, 0.05) is 29.7 Å². The number of aromatic nitrogens is 1. The monoisotopic (exact) mass is 524 g/mol. The standard InChI is InChI=1S/C28H36N4O4S/c1-31(2)13-7-10-25(33)30-21-9-6-8-20(18-21)26(36-17-16-32-14-4-3-5-15-32)24-19-23-27(37-24)22(28(34)35)11-12-29-23/h6,8-9,11-12,18-19,26H,3-5,7,10,13-17H2,1-2H3,(H,30,33)(H,34,35)/t26-/m1/s1. The number of piperidine rings is 1. The minimum Gasteiger partial charge on any atom is -0.478 e. The number of carbonyl (C=O) groups excluding carboxylic acids is 1. The van der Waals surface area contributed by atoms with E-state index in [9.17, 15) is 14.7 Å². The molecule has 1 aromatic carbocycles. The summed E-state index contributed by atoms with van der Waals surface area (Å²) >= 11 is 1.40. The Bertz CT molecular complexity index is 1210. The topological polar surface area (TPSA) is 95.0 Å². The molecule has 2 N–H and O–H groups in total. The van der Waals surface area contributed by atoms with Gasteiger partial charge in [0.05, 0.1) is 22.4 Å². The van der Waals surface area contributed by atoms with Gasteiger partial charge in [-0.2, -0.15) is 0 Å². The number of likely N-dealkylation sites (tertiary alicyclic amines) is 1. The van der Waals surface area contributed by atoms with E-state index in [0.29, 0.717) is 23.2 Å². The summed E-state index contributed by atoms with van der Waals surface area (Å²) < 4.78 is 7.11. The minimum absolute atomic E-state index is 0.0151. The number of thiophene rings is 1. The molecular weight excluding hydrogens is 488 g/mol. The van der Waals surface area contributed by atoms with Crippen molar-refractivity contribution in [3.8, 4) is 0 Å². The first-order valence-corrected chi connectivity index (χ1v) is 13.7. The summed E-state index contributed by atoms with van der Waals surface area (Å²) in [7, 11) is 3.99. The Morgan fingerprint density at radius 2 is 2.00 bits per heavy atom. The van der Waals surface area contributed by atoms with E-state index >= 15 is 0 Å². The molecule has 0 radical (unpaired) electrons. The van der Waals surface area contributed by atoms with Gasteiger partial charge < -0.3 is 25.0 Å². The van der Waals surface area contributed by atoms with Crippen LogP contribution < -0.4 is 5.32 Å². The molecular formula is C28H36N4O4S. The number of hydrogen-bond acceptors (Lipinski definition) is 7. The Kier molecular flexibility index (Phi) is 9.62. The van der Waals surface area contributed by atoms with Crippen LogP contribution in [0.4, 0.5) is 5.69 Å². The van der Waals surface area contributed by atoms with Crippen molar-refractivity contribution in [2.24, 2.45) is 0 Å². The van der Waals surface area contributed by atoms with E-state index in [2.05, 4.69) is 20.1 Å². The highest BCUT2D eigenvalue weighted by atomic mass is 32.1. The summed E-state index contributed by atoms with van der Waals surface area (Å²) in [4.78, 5) is 34.0. The molecule has 8 nitrogen and oxygen atoms in total. The van der Waals surface area contributed by atoms with Gasteiger partial charge in [-0.05, 0) is 82.8 Å². The van der Waals surface area contributed by atoms with E-state index in [-0.39, 0.29) is 11.5 Å². The second-order valence-electron chi connectivity index (χ2n) is 9.76. The van der Waals surface area contributed by atoms with Crippen LogP contribution in [0, 0.1) is 0 Å². The fourth-order valence-electron chi connectivity index (χ4n) is 4.64. The SMILES string of the molecule is CN(C)CCCC(=O)Nc1cccc([C@@H](OCCN2CCCCC2)c2cc3nccc(C(=O)O)c3s2)c1. The van der Waals surface area contributed by atoms with Crippen LogP contribution in [0.1, 0.15) is 59.0 Å². The number of carbonyl (C=O) groups is 2. The molecule has 1 aliphatic rings. The van der Waals surface area contributed by atoms with Crippen molar-refractivity contribution < 1.29 is 19.4 Å². The van der Waals surface area contributed by atoms with E-state index in [1.54, 1.807) is 0 Å². The van der Waals surface area contributed by atoms with Gasteiger partial charge >= 0.3 is 5.97 Å². The lowest BCUT2D eigenvalue weighted by molar-refractivity contribution is -0.116. The summed E-state index contributed by atoms with van der Waals surface area (Å²) in [5.41, 5.74) is 2.53. The Hall–Kier alpha value is -2.85. The van der Waals surface area contributed by atoms with Crippen LogP contribution in [0.25, 0.3) is 10.2 Å². The number of ether oxygens (including phenoxy) is 1. The maximum atomic E-state index is 12.5. The summed E-state index contributed by atoms with van der Waals surface area (Å²) in [5.74, 6) is -0.985. The van der Waals surface area contributed by atoms with Gasteiger partial charge in [0.1, 0.15) is 6.10 Å². The van der Waals surface area contributed by atoms with Crippen molar-refractivity contribution in [3.05, 3.63) is 58.6 Å². The second-order valence-corrected chi connectivity index (χ2v) is 10.8. The third-order valence-corrected chi connectivity index (χ3v) is 7.74. The second kappa shape index (κ2) is 13.1. The first-order chi connectivity index (χ1) is 17.9. The van der Waals surface area contributed by atoms with E-state index < -0.39 is 12.1 Å². The Balaban J connectivity index is 1.55. The smallest absolute Gasteiger partial charge is 0.337 e. The quantitative estimate of drug-likeness (QED) is 0.349. The lowest BCUT2D eigenvalue weighted by Crippen LogP contribution is -2.33. The van der Waals surface area contributed by atoms with Crippen LogP contribution in [0.3, 0.4) is 0 Å². The number of anilines is 1. The van der Waals surface area contributed by atoms with Crippen LogP contribution in [0.15, 0.2) is 42.6 Å². The molecule has 0 saturated carbocycles. The number of carboxylic acid groups (broad SMARTS) is 1. The van der Waals surface area contributed by atoms with Crippen LogP contribution in [-0.4, -0.2) is 78.6 Å². The molecule has 198 valence electrons. The molecule has 1 fully saturated rings. The Morgan fingerprint density at radius 1 is 1.19 bits per heavy atom. The van der Waals surface area contributed by atoms with E-state index in [1.165, 1.54) is 42.9 Å². The predicted molar refractivity (Wildman–Crippen MR) is 148 cm³/mol. The van der Waals surface area contributed by atoms with Crippen LogP contribution in [0.2, 0.25) is 0 Å². The maximum Gasteiger partial charge on any atom is 0.337 e. The molecule has 2 aromatic heterocycles. The number of amides is 1. The molecule has 4 rings (SSSR count). The molecule has 9 heteroatoms. The highest BCUT2D eigenvalue weighted by Gasteiger charge is 2.22. The van der Waals surface area contributed by atoms with Crippen LogP contribution in [-0.2, 0) is 9.53 Å². The van der Waals surface area contributed by atoms with Gasteiger partial charge in [0.15, 0.2) is 0 Å². The number of hydrogen-bond donors (Lipinski definition) is 2. The lowest BCUT2D eigenvalue weighted by Gasteiger charge is -2.27. The molecule has 0 unspecified atom stereocenters. The van der Waals surface area contributed by atoms with Crippen LogP contribution in [0.5, 0.6) is 0 Å². The fourth-order valence-corrected chi connectivity index (χ4v) is 5.84. The average Bonchev–Trinajstić information content (AvgIpc) is 3.31. The zero-order valence-corrected chi connectivity index (χ0v) is 22.4. The zero-order chi connectivity index (χ0) is 26.2. The molecule has 3 heterocycles. The number of benzene rings is 1. The number of aromatic carboxylic acids is 1. The highest BCUT2D eigenvalue weighted by molar-refractivity contribution is 7.19. The van der Waals surface area contributed by atoms with E-state index in [1.807, 2.05) is 44.4 Å². The molecule has 0 spiro atoms. The van der Waals surface area contributed by atoms with Crippen molar-refractivity contribution >= 4 is 39.1 Å². The molecule has 0 bridgehead atoms. The number of pyridine rings is 1. The summed E-state index contributed by atoms with van der Waals surface area (Å²) in [6.45, 7) is 4.45. The highest BCUT2D eigenvalue weighted by Crippen LogP contribution is 2.37. The van der Waals surface area contributed by atoms with Crippen molar-refractivity contribution in [2.45, 2.75) is 38.2 Å². The average molecular weight is 525 g/mol. The molecule has 0 aliphatic carbocycles. The molecule has 1 amide bonds. The van der Waals surface area contributed by atoms with Gasteiger partial charge in [-0.3, -0.25) is 9.78 Å². The molecule has 3 aromatic rings. The minimum atomic E-state index is -0.970. The predicted octanol–water partition coefficient (Wildman–Crippen LogP) is 4.87. The Labute approximate surface area is 222 Å². The number of rotatable bonds is 12.